The van der Waals surface area contributed by atoms with Crippen molar-refractivity contribution in [1.29, 1.82) is 0 Å². The van der Waals surface area contributed by atoms with Crippen molar-refractivity contribution in [2.24, 2.45) is 0 Å². The molecule has 0 rings (SSSR count). The van der Waals surface area contributed by atoms with E-state index >= 15 is 0 Å². The van der Waals surface area contributed by atoms with Crippen molar-refractivity contribution >= 4 is 23.3 Å². The molecule has 0 aromatic rings. The molecule has 6 nitrogen and oxygen atoms in total. The Hall–Kier alpha value is 2.05. The third-order valence-electron chi connectivity index (χ3n) is 0.704. The Morgan fingerprint density at radius 2 is 1.71 bits per heavy atom. The van der Waals surface area contributed by atoms with Crippen LogP contribution in [0.5, 0.6) is 0 Å². The normalized spacial score (nSPS) is 9.50. The fourth-order valence-electron chi connectivity index (χ4n) is 0.327. The van der Waals surface area contributed by atoms with Gasteiger partial charge in [-0.2, -0.15) is 0 Å². The van der Waals surface area contributed by atoms with E-state index in [4.69, 9.17) is 5.11 Å². The van der Waals surface area contributed by atoms with E-state index < -0.39 is 36.1 Å². The first kappa shape index (κ1) is 25.0. The van der Waals surface area contributed by atoms with Crippen molar-refractivity contribution in [3.63, 3.8) is 0 Å². The largest absolute Gasteiger partial charge is 1.00 e. The summed E-state index contributed by atoms with van der Waals surface area (Å²) < 4.78 is 22.9. The van der Waals surface area contributed by atoms with E-state index in [1.165, 1.54) is 0 Å². The van der Waals surface area contributed by atoms with E-state index in [0.29, 0.717) is 0 Å². The van der Waals surface area contributed by atoms with E-state index in [0.717, 1.165) is 0 Å². The Morgan fingerprint density at radius 1 is 1.29 bits per heavy atom. The maximum absolute atomic E-state index is 10.3. The molecule has 1 atom stereocenters. The summed E-state index contributed by atoms with van der Waals surface area (Å²) in [5, 5.41) is 8.03. The maximum atomic E-state index is 10.3. The third kappa shape index (κ3) is 19.6. The zero-order valence-corrected chi connectivity index (χ0v) is 15.1. The summed E-state index contributed by atoms with van der Waals surface area (Å²) in [5.74, 6) is -2.25. The molecular weight excluding hydrogens is 245 g/mol. The van der Waals surface area contributed by atoms with Crippen LogP contribution >= 0.6 is 0 Å². The predicted molar refractivity (Wildman–Crippen MR) is 35.2 cm³/mol. The van der Waals surface area contributed by atoms with E-state index in [1.807, 2.05) is 0 Å². The van der Waals surface area contributed by atoms with Crippen LogP contribution in [0.3, 0.4) is 0 Å². The topological polar surface area (TPSA) is 104 Å². The van der Waals surface area contributed by atoms with Crippen LogP contribution in [-0.4, -0.2) is 25.8 Å². The summed E-state index contributed by atoms with van der Waals surface area (Å²) in [4.78, 5) is 20.1. The van der Waals surface area contributed by atoms with Gasteiger partial charge < -0.3 is 18.1 Å². The van der Waals surface area contributed by atoms with Crippen LogP contribution in [0.4, 0.5) is 0 Å². The molecule has 0 aliphatic rings. The summed E-state index contributed by atoms with van der Waals surface area (Å²) >= 11 is -2.90. The van der Waals surface area contributed by atoms with Crippen molar-refractivity contribution in [2.75, 3.05) is 0 Å². The minimum absolute atomic E-state index is 0. The van der Waals surface area contributed by atoms with Crippen LogP contribution in [-0.2, 0) is 25.1 Å². The number of carbonyl (C=O) groups is 2. The molecule has 0 spiro atoms. The molecule has 70 valence electrons. The van der Waals surface area contributed by atoms with Gasteiger partial charge in [-0.3, -0.25) is 9.59 Å². The minimum atomic E-state index is -2.90. The fraction of sp³-hybridized carbons (Fsp3) is 0.500. The Morgan fingerprint density at radius 3 is 2.00 bits per heavy atom. The van der Waals surface area contributed by atoms with Gasteiger partial charge in [0.25, 0.3) is 0 Å². The van der Waals surface area contributed by atoms with Crippen molar-refractivity contribution < 1.29 is 121 Å². The van der Waals surface area contributed by atoms with Gasteiger partial charge in [0.05, 0.1) is 12.8 Å². The van der Waals surface area contributed by atoms with Gasteiger partial charge in [0.2, 0.25) is 0 Å². The Bertz CT molecular complexity index is 209. The molecule has 0 radical (unpaired) electrons. The molecule has 0 bridgehead atoms. The summed E-state index contributed by atoms with van der Waals surface area (Å²) in [5.41, 5.74) is 0. The molecule has 0 saturated carbocycles. The second-order valence-corrected chi connectivity index (χ2v) is 2.13. The zero-order valence-electron chi connectivity index (χ0n) is 11.3. The summed E-state index contributed by atoms with van der Waals surface area (Å²) in [7, 11) is 0. The molecular formula is C4H8Na3O6S-. The number of carboxylic acid groups (broad SMARTS) is 1. The molecule has 10 heteroatoms. The molecule has 0 heterocycles. The quantitative estimate of drug-likeness (QED) is 0.394. The van der Waals surface area contributed by atoms with E-state index in [2.05, 4.69) is 4.18 Å². The number of rotatable bonds is 4. The van der Waals surface area contributed by atoms with Gasteiger partial charge in [-0.15, -0.1) is 0 Å². The molecule has 0 fully saturated rings. The van der Waals surface area contributed by atoms with Crippen molar-refractivity contribution in [3.05, 3.63) is 0 Å². The van der Waals surface area contributed by atoms with Crippen LogP contribution < -0.4 is 88.7 Å². The van der Waals surface area contributed by atoms with Gasteiger partial charge >= 0.3 is 101 Å². The van der Waals surface area contributed by atoms with Crippen LogP contribution in [0.25, 0.3) is 0 Å². The van der Waals surface area contributed by atoms with E-state index in [-0.39, 0.29) is 93.0 Å². The predicted octanol–water partition coefficient (Wildman–Crippen LogP) is -9.46. The monoisotopic (exact) mass is 253 g/mol. The minimum Gasteiger partial charge on any atom is -1.00 e. The molecule has 0 saturated heterocycles. The standard InChI is InChI=1S/C4H6O6S.3Na.3H/c5-3(6)1-2-4(7)10-11(8)9;;;;;;/h1-2H2,(H,5,6)(H,8,9);;;;;;/q;3*+1;3*-1/p-1. The SMILES string of the molecule is O=C(O)CCC(=O)OS(=O)[O-].[H-].[H-].[H-].[Na+].[Na+].[Na+]. The zero-order chi connectivity index (χ0) is 8.85. The van der Waals surface area contributed by atoms with Crippen LogP contribution in [0.2, 0.25) is 0 Å². The van der Waals surface area contributed by atoms with Crippen LogP contribution in [0, 0.1) is 0 Å². The second-order valence-electron chi connectivity index (χ2n) is 1.55. The smallest absolute Gasteiger partial charge is 1.00 e. The summed E-state index contributed by atoms with van der Waals surface area (Å²) in [6, 6.07) is 0. The van der Waals surface area contributed by atoms with Crippen molar-refractivity contribution in [3.8, 4) is 0 Å². The van der Waals surface area contributed by atoms with Crippen LogP contribution in [0.1, 0.15) is 17.1 Å². The molecule has 0 amide bonds. The molecule has 0 aliphatic carbocycles. The Balaban J connectivity index is -0.0000000333. The van der Waals surface area contributed by atoms with Crippen LogP contribution in [0.15, 0.2) is 0 Å². The van der Waals surface area contributed by atoms with Gasteiger partial charge in [-0.25, -0.2) is 4.21 Å². The van der Waals surface area contributed by atoms with Crippen molar-refractivity contribution in [1.82, 2.24) is 0 Å². The number of carbonyl (C=O) groups excluding carboxylic acids is 1. The van der Waals surface area contributed by atoms with Crippen molar-refractivity contribution in [2.45, 2.75) is 12.8 Å². The second kappa shape index (κ2) is 15.0. The molecule has 0 aromatic carbocycles. The third-order valence-corrected chi connectivity index (χ3v) is 1.03. The van der Waals surface area contributed by atoms with E-state index in [1.54, 1.807) is 0 Å². The van der Waals surface area contributed by atoms with Gasteiger partial charge in [-0.05, 0) is 0 Å². The Labute approximate surface area is 154 Å². The molecule has 1 N–H and O–H groups in total. The number of hydrogen-bond acceptors (Lipinski definition) is 5. The first-order valence-corrected chi connectivity index (χ1v) is 3.54. The van der Waals surface area contributed by atoms with Gasteiger partial charge in [-0.1, -0.05) is 0 Å². The molecule has 0 aromatic heterocycles. The first-order chi connectivity index (χ1) is 5.02. The maximum Gasteiger partial charge on any atom is 1.00 e. The number of aliphatic carboxylic acids is 1. The van der Waals surface area contributed by atoms with E-state index in [9.17, 15) is 18.4 Å². The molecule has 14 heavy (non-hydrogen) atoms. The van der Waals surface area contributed by atoms with Gasteiger partial charge in [0.1, 0.15) is 11.4 Å². The average Bonchev–Trinajstić information content (AvgIpc) is 1.82. The summed E-state index contributed by atoms with van der Waals surface area (Å²) in [6.45, 7) is 0. The average molecular weight is 253 g/mol. The van der Waals surface area contributed by atoms with Gasteiger partial charge in [0.15, 0.2) is 0 Å². The molecule has 1 unspecified atom stereocenters. The van der Waals surface area contributed by atoms with Gasteiger partial charge in [0, 0.05) is 0 Å². The number of carboxylic acids is 1. The first-order valence-electron chi connectivity index (χ1n) is 2.54. The Kier molecular flexibility index (Phi) is 26.9. The summed E-state index contributed by atoms with van der Waals surface area (Å²) in [6.07, 6.45) is -0.876. The number of hydrogen-bond donors (Lipinski definition) is 1. The molecule has 0 aliphatic heterocycles. The fourth-order valence-corrected chi connectivity index (χ4v) is 0.562.